The Bertz CT molecular complexity index is 740. The van der Waals surface area contributed by atoms with Crippen molar-refractivity contribution >= 4 is 10.9 Å². The third-order valence-electron chi connectivity index (χ3n) is 3.69. The van der Waals surface area contributed by atoms with Gasteiger partial charge in [0.1, 0.15) is 0 Å². The van der Waals surface area contributed by atoms with E-state index < -0.39 is 0 Å². The van der Waals surface area contributed by atoms with Crippen molar-refractivity contribution in [3.05, 3.63) is 71.7 Å². The van der Waals surface area contributed by atoms with Crippen molar-refractivity contribution < 1.29 is 0 Å². The molecule has 21 heavy (non-hydrogen) atoms. The van der Waals surface area contributed by atoms with Crippen LogP contribution in [-0.4, -0.2) is 9.97 Å². The number of hydrogen-bond acceptors (Lipinski definition) is 4. The van der Waals surface area contributed by atoms with Gasteiger partial charge in [-0.1, -0.05) is 18.2 Å². The van der Waals surface area contributed by atoms with Crippen LogP contribution >= 0.6 is 0 Å². The second-order valence-corrected chi connectivity index (χ2v) is 5.16. The van der Waals surface area contributed by atoms with Gasteiger partial charge in [0.2, 0.25) is 0 Å². The van der Waals surface area contributed by atoms with Crippen LogP contribution in [0.25, 0.3) is 10.9 Å². The summed E-state index contributed by atoms with van der Waals surface area (Å²) in [5.74, 6) is 5.74. The summed E-state index contributed by atoms with van der Waals surface area (Å²) in [6.45, 7) is 2.10. The number of hydrogen-bond donors (Lipinski definition) is 2. The highest BCUT2D eigenvalue weighted by atomic mass is 15.2. The van der Waals surface area contributed by atoms with Crippen LogP contribution in [0.1, 0.15) is 22.9 Å². The van der Waals surface area contributed by atoms with E-state index in [0.717, 1.165) is 17.6 Å². The molecule has 0 spiro atoms. The molecule has 0 bridgehead atoms. The van der Waals surface area contributed by atoms with Crippen LogP contribution in [0.3, 0.4) is 0 Å². The molecular formula is C17H18N4. The molecule has 0 saturated heterocycles. The molecule has 3 rings (SSSR count). The lowest BCUT2D eigenvalue weighted by Gasteiger charge is -2.17. The third kappa shape index (κ3) is 2.91. The molecular weight excluding hydrogens is 260 g/mol. The van der Waals surface area contributed by atoms with Crippen LogP contribution in [0.15, 0.2) is 54.9 Å². The number of fused-ring (bicyclic) bond motifs is 1. The first-order valence-corrected chi connectivity index (χ1v) is 6.99. The lowest BCUT2D eigenvalue weighted by Crippen LogP contribution is -2.30. The molecule has 0 aliphatic rings. The molecule has 2 heterocycles. The number of nitrogens with two attached hydrogens (primary N) is 1. The summed E-state index contributed by atoms with van der Waals surface area (Å²) < 4.78 is 0. The topological polar surface area (TPSA) is 63.8 Å². The highest BCUT2D eigenvalue weighted by Crippen LogP contribution is 2.22. The summed E-state index contributed by atoms with van der Waals surface area (Å²) >= 11 is 0. The van der Waals surface area contributed by atoms with E-state index in [-0.39, 0.29) is 6.04 Å². The highest BCUT2D eigenvalue weighted by Gasteiger charge is 2.14. The second-order valence-electron chi connectivity index (χ2n) is 5.16. The van der Waals surface area contributed by atoms with Crippen LogP contribution in [0, 0.1) is 6.92 Å². The van der Waals surface area contributed by atoms with Gasteiger partial charge in [0.15, 0.2) is 0 Å². The summed E-state index contributed by atoms with van der Waals surface area (Å²) in [6, 6.07) is 14.3. The maximum Gasteiger partial charge on any atom is 0.0708 e. The molecule has 0 amide bonds. The normalized spacial score (nSPS) is 12.5. The zero-order valence-corrected chi connectivity index (χ0v) is 12.0. The average Bonchev–Trinajstić information content (AvgIpc) is 2.53. The Morgan fingerprint density at radius 3 is 2.67 bits per heavy atom. The zero-order chi connectivity index (χ0) is 14.7. The lowest BCUT2D eigenvalue weighted by molar-refractivity contribution is 0.539. The molecule has 4 nitrogen and oxygen atoms in total. The lowest BCUT2D eigenvalue weighted by atomic mass is 10.0. The van der Waals surface area contributed by atoms with Gasteiger partial charge in [-0.3, -0.25) is 21.2 Å². The van der Waals surface area contributed by atoms with Gasteiger partial charge in [-0.15, -0.1) is 0 Å². The monoisotopic (exact) mass is 278 g/mol. The van der Waals surface area contributed by atoms with Crippen molar-refractivity contribution in [3.63, 3.8) is 0 Å². The molecule has 4 heteroatoms. The Labute approximate surface area is 124 Å². The Morgan fingerprint density at radius 1 is 1.14 bits per heavy atom. The standard InChI is InChI=1S/C17H18N4/c1-12-10-16(20-15-5-3-2-4-14(12)15)17(21-18)11-13-6-8-19-9-7-13/h2-10,17,21H,11,18H2,1H3. The fourth-order valence-corrected chi connectivity index (χ4v) is 2.56. The SMILES string of the molecule is Cc1cc(C(Cc2ccncc2)NN)nc2ccccc12. The van der Waals surface area contributed by atoms with E-state index in [4.69, 9.17) is 10.8 Å². The van der Waals surface area contributed by atoms with Crippen molar-refractivity contribution in [1.82, 2.24) is 15.4 Å². The molecule has 106 valence electrons. The molecule has 1 unspecified atom stereocenters. The van der Waals surface area contributed by atoms with Gasteiger partial charge < -0.3 is 0 Å². The number of nitrogens with one attached hydrogen (secondary N) is 1. The smallest absolute Gasteiger partial charge is 0.0708 e. The van der Waals surface area contributed by atoms with Crippen LogP contribution in [-0.2, 0) is 6.42 Å². The van der Waals surface area contributed by atoms with Gasteiger partial charge >= 0.3 is 0 Å². The highest BCUT2D eigenvalue weighted by molar-refractivity contribution is 5.82. The minimum atomic E-state index is -0.0179. The summed E-state index contributed by atoms with van der Waals surface area (Å²) in [5.41, 5.74) is 7.24. The number of hydrazine groups is 1. The number of rotatable bonds is 4. The Balaban J connectivity index is 1.97. The van der Waals surface area contributed by atoms with Crippen LogP contribution in [0.5, 0.6) is 0 Å². The van der Waals surface area contributed by atoms with E-state index in [1.54, 1.807) is 12.4 Å². The number of pyridine rings is 2. The minimum Gasteiger partial charge on any atom is -0.271 e. The predicted octanol–water partition coefficient (Wildman–Crippen LogP) is 2.69. The van der Waals surface area contributed by atoms with Gasteiger partial charge in [-0.2, -0.15) is 0 Å². The summed E-state index contributed by atoms with van der Waals surface area (Å²) in [5, 5.41) is 1.18. The first-order chi connectivity index (χ1) is 10.3. The first-order valence-electron chi connectivity index (χ1n) is 6.99. The van der Waals surface area contributed by atoms with Gasteiger partial charge in [-0.25, -0.2) is 0 Å². The predicted molar refractivity (Wildman–Crippen MR) is 84.5 cm³/mol. The number of nitrogens with zero attached hydrogens (tertiary/aromatic N) is 2. The number of para-hydroxylation sites is 1. The van der Waals surface area contributed by atoms with Gasteiger partial charge in [0.05, 0.1) is 17.3 Å². The molecule has 3 aromatic rings. The fraction of sp³-hybridized carbons (Fsp3) is 0.176. The van der Waals surface area contributed by atoms with E-state index in [1.165, 1.54) is 16.5 Å². The van der Waals surface area contributed by atoms with Crippen molar-refractivity contribution in [2.45, 2.75) is 19.4 Å². The first kappa shape index (κ1) is 13.7. The number of aromatic nitrogens is 2. The summed E-state index contributed by atoms with van der Waals surface area (Å²) in [7, 11) is 0. The van der Waals surface area contributed by atoms with Crippen molar-refractivity contribution in [1.29, 1.82) is 0 Å². The molecule has 0 saturated carbocycles. The van der Waals surface area contributed by atoms with Crippen molar-refractivity contribution in [3.8, 4) is 0 Å². The summed E-state index contributed by atoms with van der Waals surface area (Å²) in [4.78, 5) is 8.78. The van der Waals surface area contributed by atoms with E-state index in [1.807, 2.05) is 30.3 Å². The maximum atomic E-state index is 5.74. The Kier molecular flexibility index (Phi) is 3.90. The van der Waals surface area contributed by atoms with Crippen LogP contribution in [0.4, 0.5) is 0 Å². The maximum absolute atomic E-state index is 5.74. The second kappa shape index (κ2) is 5.99. The van der Waals surface area contributed by atoms with E-state index in [0.29, 0.717) is 0 Å². The zero-order valence-electron chi connectivity index (χ0n) is 12.0. The fourth-order valence-electron chi connectivity index (χ4n) is 2.56. The molecule has 1 atom stereocenters. The third-order valence-corrected chi connectivity index (χ3v) is 3.69. The molecule has 0 aliphatic carbocycles. The van der Waals surface area contributed by atoms with Crippen LogP contribution < -0.4 is 11.3 Å². The van der Waals surface area contributed by atoms with Gasteiger partial charge in [-0.05, 0) is 48.7 Å². The quantitative estimate of drug-likeness (QED) is 0.569. The Hall–Kier alpha value is -2.30. The van der Waals surface area contributed by atoms with Crippen molar-refractivity contribution in [2.24, 2.45) is 5.84 Å². The molecule has 0 aliphatic heterocycles. The molecule has 3 N–H and O–H groups in total. The largest absolute Gasteiger partial charge is 0.271 e. The molecule has 0 radical (unpaired) electrons. The van der Waals surface area contributed by atoms with Crippen molar-refractivity contribution in [2.75, 3.05) is 0 Å². The van der Waals surface area contributed by atoms with Gasteiger partial charge in [0, 0.05) is 17.8 Å². The Morgan fingerprint density at radius 2 is 1.90 bits per heavy atom. The van der Waals surface area contributed by atoms with E-state index >= 15 is 0 Å². The minimum absolute atomic E-state index is 0.0179. The van der Waals surface area contributed by atoms with Gasteiger partial charge in [0.25, 0.3) is 0 Å². The van der Waals surface area contributed by atoms with E-state index in [2.05, 4.69) is 29.5 Å². The number of aryl methyl sites for hydroxylation is 1. The molecule has 2 aromatic heterocycles. The molecule has 0 fully saturated rings. The average molecular weight is 278 g/mol. The van der Waals surface area contributed by atoms with Crippen LogP contribution in [0.2, 0.25) is 0 Å². The number of benzene rings is 1. The summed E-state index contributed by atoms with van der Waals surface area (Å²) in [6.07, 6.45) is 4.37. The van der Waals surface area contributed by atoms with E-state index in [9.17, 15) is 0 Å². The molecule has 1 aromatic carbocycles.